The summed E-state index contributed by atoms with van der Waals surface area (Å²) < 4.78 is 0. The van der Waals surface area contributed by atoms with E-state index in [9.17, 15) is 9.59 Å². The second-order valence-electron chi connectivity index (χ2n) is 9.26. The molecule has 6 heteroatoms. The van der Waals surface area contributed by atoms with E-state index in [4.69, 9.17) is 0 Å². The number of fused-ring (bicyclic) bond motifs is 3. The molecule has 5 nitrogen and oxygen atoms in total. The summed E-state index contributed by atoms with van der Waals surface area (Å²) in [7, 11) is 1.64. The number of carbonyl (C=O) groups is 2. The molecule has 2 aromatic carbocycles. The maximum absolute atomic E-state index is 13.2. The molecule has 0 radical (unpaired) electrons. The van der Waals surface area contributed by atoms with Crippen molar-refractivity contribution in [3.05, 3.63) is 65.2 Å². The first-order valence-electron chi connectivity index (χ1n) is 11.5. The number of nitrogens with one attached hydrogen (secondary N) is 1. The van der Waals surface area contributed by atoms with E-state index < -0.39 is 6.04 Å². The van der Waals surface area contributed by atoms with Crippen LogP contribution in [-0.2, 0) is 27.8 Å². The van der Waals surface area contributed by atoms with E-state index in [0.29, 0.717) is 18.3 Å². The highest BCUT2D eigenvalue weighted by Crippen LogP contribution is 2.46. The minimum atomic E-state index is -0.436. The van der Waals surface area contributed by atoms with E-state index in [1.165, 1.54) is 31.2 Å². The van der Waals surface area contributed by atoms with Gasteiger partial charge in [-0.2, -0.15) is 0 Å². The van der Waals surface area contributed by atoms with Crippen LogP contribution >= 0.6 is 12.4 Å². The van der Waals surface area contributed by atoms with Crippen LogP contribution in [-0.4, -0.2) is 49.4 Å². The highest BCUT2D eigenvalue weighted by molar-refractivity contribution is 6.03. The van der Waals surface area contributed by atoms with Gasteiger partial charge in [0, 0.05) is 32.1 Å². The van der Waals surface area contributed by atoms with Gasteiger partial charge in [0.05, 0.1) is 0 Å². The number of anilines is 1. The second kappa shape index (κ2) is 9.24. The van der Waals surface area contributed by atoms with Crippen LogP contribution in [0.25, 0.3) is 0 Å². The van der Waals surface area contributed by atoms with Crippen LogP contribution in [0.5, 0.6) is 0 Å². The van der Waals surface area contributed by atoms with E-state index in [-0.39, 0.29) is 24.2 Å². The molecule has 2 aliphatic heterocycles. The number of amides is 2. The summed E-state index contributed by atoms with van der Waals surface area (Å²) in [6.07, 6.45) is 5.84. The molecule has 0 aromatic heterocycles. The molecule has 0 saturated carbocycles. The van der Waals surface area contributed by atoms with Gasteiger partial charge in [0.15, 0.2) is 0 Å². The number of likely N-dealkylation sites (N-methyl/N-ethyl adjacent to an activating group) is 1. The van der Waals surface area contributed by atoms with E-state index in [1.54, 1.807) is 17.5 Å². The molecular formula is C26H32ClN3O2. The minimum Gasteiger partial charge on any atom is -0.357 e. The number of rotatable bonds is 4. The van der Waals surface area contributed by atoms with Crippen molar-refractivity contribution in [1.29, 1.82) is 0 Å². The maximum atomic E-state index is 13.2. The number of benzene rings is 2. The summed E-state index contributed by atoms with van der Waals surface area (Å²) >= 11 is 0. The molecule has 0 bridgehead atoms. The zero-order valence-corrected chi connectivity index (χ0v) is 19.5. The smallest absolute Gasteiger partial charge is 0.243 e. The average Bonchev–Trinajstić information content (AvgIpc) is 3.37. The molecule has 1 fully saturated rings. The Bertz CT molecular complexity index is 1000. The number of para-hydroxylation sites is 1. The van der Waals surface area contributed by atoms with Crippen LogP contribution < -0.4 is 10.2 Å². The van der Waals surface area contributed by atoms with Crippen LogP contribution in [0.2, 0.25) is 0 Å². The number of carbonyl (C=O) groups excluding carboxylic acids is 2. The van der Waals surface area contributed by atoms with Gasteiger partial charge in [-0.25, -0.2) is 0 Å². The molecule has 1 saturated heterocycles. The monoisotopic (exact) mass is 453 g/mol. The molecule has 1 aliphatic carbocycles. The summed E-state index contributed by atoms with van der Waals surface area (Å²) in [6.45, 7) is 2.84. The molecule has 3 aliphatic rings. The number of halogens is 1. The van der Waals surface area contributed by atoms with Gasteiger partial charge < -0.3 is 10.2 Å². The molecule has 1 atom stereocenters. The minimum absolute atomic E-state index is 0. The van der Waals surface area contributed by atoms with Crippen molar-refractivity contribution in [2.45, 2.75) is 50.0 Å². The third kappa shape index (κ3) is 3.93. The summed E-state index contributed by atoms with van der Waals surface area (Å²) in [5.74, 6) is -0.0468. The lowest BCUT2D eigenvalue weighted by Gasteiger charge is -2.40. The van der Waals surface area contributed by atoms with E-state index in [2.05, 4.69) is 34.5 Å². The lowest BCUT2D eigenvalue weighted by molar-refractivity contribution is -0.126. The first-order valence-corrected chi connectivity index (χ1v) is 11.5. The molecule has 32 heavy (non-hydrogen) atoms. The Kier molecular flexibility index (Phi) is 6.59. The van der Waals surface area contributed by atoms with Gasteiger partial charge in [-0.3, -0.25) is 14.5 Å². The van der Waals surface area contributed by atoms with Crippen molar-refractivity contribution >= 4 is 29.9 Å². The number of aryl methyl sites for hydroxylation is 1. The average molecular weight is 454 g/mol. The van der Waals surface area contributed by atoms with E-state index in [0.717, 1.165) is 30.9 Å². The summed E-state index contributed by atoms with van der Waals surface area (Å²) in [5.41, 5.74) is 5.40. The Morgan fingerprint density at radius 1 is 1.00 bits per heavy atom. The molecule has 170 valence electrons. The third-order valence-electron chi connectivity index (χ3n) is 7.71. The van der Waals surface area contributed by atoms with Crippen LogP contribution in [0.15, 0.2) is 48.5 Å². The quantitative estimate of drug-likeness (QED) is 0.771. The summed E-state index contributed by atoms with van der Waals surface area (Å²) in [6, 6.07) is 16.4. The van der Waals surface area contributed by atoms with Gasteiger partial charge in [0.1, 0.15) is 6.04 Å². The SMILES string of the molecule is CNC(=O)C1Cc2ccccc2N1C(=O)CCN1CCC2(CCc3ccccc32)CC1.Cl. The largest absolute Gasteiger partial charge is 0.357 e. The highest BCUT2D eigenvalue weighted by Gasteiger charge is 2.41. The Balaban J connectivity index is 0.00000245. The van der Waals surface area contributed by atoms with Crippen molar-refractivity contribution in [3.63, 3.8) is 0 Å². The van der Waals surface area contributed by atoms with E-state index in [1.807, 2.05) is 24.3 Å². The molecule has 2 amide bonds. The van der Waals surface area contributed by atoms with Crippen molar-refractivity contribution in [1.82, 2.24) is 10.2 Å². The number of hydrogen-bond donors (Lipinski definition) is 1. The van der Waals surface area contributed by atoms with Crippen molar-refractivity contribution in [3.8, 4) is 0 Å². The molecule has 5 rings (SSSR count). The Morgan fingerprint density at radius 2 is 1.69 bits per heavy atom. The predicted octanol–water partition coefficient (Wildman–Crippen LogP) is 3.48. The Morgan fingerprint density at radius 3 is 2.44 bits per heavy atom. The summed E-state index contributed by atoms with van der Waals surface area (Å²) in [5, 5.41) is 2.72. The lowest BCUT2D eigenvalue weighted by Crippen LogP contribution is -2.48. The molecule has 2 aromatic rings. The van der Waals surface area contributed by atoms with E-state index >= 15 is 0 Å². The fourth-order valence-electron chi connectivity index (χ4n) is 5.93. The molecule has 1 spiro atoms. The standard InChI is InChI=1S/C26H31N3O2.ClH/c1-27-25(31)23-18-20-7-3-5-9-22(20)29(23)24(30)11-15-28-16-13-26(14-17-28)12-10-19-6-2-4-8-21(19)26;/h2-9,23H,10-18H2,1H3,(H,27,31);1H. The van der Waals surface area contributed by atoms with Gasteiger partial charge in [0.2, 0.25) is 11.8 Å². The number of likely N-dealkylation sites (tertiary alicyclic amines) is 1. The Labute approximate surface area is 196 Å². The van der Waals surface area contributed by atoms with Gasteiger partial charge in [-0.15, -0.1) is 12.4 Å². The van der Waals surface area contributed by atoms with Gasteiger partial charge in [-0.1, -0.05) is 42.5 Å². The van der Waals surface area contributed by atoms with Crippen molar-refractivity contribution in [2.24, 2.45) is 0 Å². The molecule has 1 unspecified atom stereocenters. The van der Waals surface area contributed by atoms with Crippen LogP contribution in [0.1, 0.15) is 42.4 Å². The second-order valence-corrected chi connectivity index (χ2v) is 9.26. The zero-order valence-electron chi connectivity index (χ0n) is 18.7. The number of piperidine rings is 1. The van der Waals surface area contributed by atoms with Gasteiger partial charge in [-0.05, 0) is 66.9 Å². The summed E-state index contributed by atoms with van der Waals surface area (Å²) in [4.78, 5) is 29.8. The maximum Gasteiger partial charge on any atom is 0.243 e. The van der Waals surface area contributed by atoms with Crippen molar-refractivity contribution in [2.75, 3.05) is 31.6 Å². The van der Waals surface area contributed by atoms with Gasteiger partial charge in [0.25, 0.3) is 0 Å². The van der Waals surface area contributed by atoms with Crippen LogP contribution in [0, 0.1) is 0 Å². The Hall–Kier alpha value is -2.37. The lowest BCUT2D eigenvalue weighted by atomic mass is 9.74. The topological polar surface area (TPSA) is 52.7 Å². The number of hydrogen-bond acceptors (Lipinski definition) is 3. The fraction of sp³-hybridized carbons (Fsp3) is 0.462. The first-order chi connectivity index (χ1) is 15.1. The zero-order chi connectivity index (χ0) is 21.4. The normalized spacial score (nSPS) is 21.0. The van der Waals surface area contributed by atoms with Gasteiger partial charge >= 0.3 is 0 Å². The number of nitrogens with zero attached hydrogens (tertiary/aromatic N) is 2. The molecule has 2 heterocycles. The van der Waals surface area contributed by atoms with Crippen LogP contribution in [0.4, 0.5) is 5.69 Å². The van der Waals surface area contributed by atoms with Crippen molar-refractivity contribution < 1.29 is 9.59 Å². The van der Waals surface area contributed by atoms with Crippen LogP contribution in [0.3, 0.4) is 0 Å². The molecular weight excluding hydrogens is 422 g/mol. The fourth-order valence-corrected chi connectivity index (χ4v) is 5.93. The predicted molar refractivity (Wildman–Crippen MR) is 129 cm³/mol. The highest BCUT2D eigenvalue weighted by atomic mass is 35.5. The molecule has 1 N–H and O–H groups in total. The first kappa shape index (κ1) is 22.8. The third-order valence-corrected chi connectivity index (χ3v) is 7.71.